The molecule has 8 heteroatoms. The molecule has 0 N–H and O–H groups in total. The van der Waals surface area contributed by atoms with Crippen molar-refractivity contribution >= 4 is 40.0 Å². The van der Waals surface area contributed by atoms with E-state index < -0.39 is 0 Å². The van der Waals surface area contributed by atoms with Crippen LogP contribution in [0.4, 0.5) is 5.69 Å². The lowest BCUT2D eigenvalue weighted by Gasteiger charge is -2.28. The van der Waals surface area contributed by atoms with Crippen molar-refractivity contribution in [1.82, 2.24) is 14.4 Å². The molecule has 2 heterocycles. The number of carbonyl (C=O) groups is 2. The monoisotopic (exact) mass is 600 g/mol. The zero-order valence-electron chi connectivity index (χ0n) is 25.4. The fraction of sp³-hybridized carbons (Fsp3) is 0.371. The van der Waals surface area contributed by atoms with Crippen LogP contribution in [0.3, 0.4) is 0 Å². The Morgan fingerprint density at radius 3 is 2.49 bits per heavy atom. The summed E-state index contributed by atoms with van der Waals surface area (Å²) >= 11 is 6.49. The van der Waals surface area contributed by atoms with Crippen molar-refractivity contribution in [2.75, 3.05) is 37.7 Å². The first-order valence-electron chi connectivity index (χ1n) is 15.2. The molecule has 226 valence electrons. The number of anilines is 1. The second-order valence-electron chi connectivity index (χ2n) is 11.2. The fourth-order valence-electron chi connectivity index (χ4n) is 5.89. The Morgan fingerprint density at radius 1 is 0.907 bits per heavy atom. The van der Waals surface area contributed by atoms with Crippen molar-refractivity contribution < 1.29 is 14.3 Å². The molecule has 0 radical (unpaired) electrons. The molecule has 0 bridgehead atoms. The molecule has 0 fully saturated rings. The van der Waals surface area contributed by atoms with Gasteiger partial charge in [-0.05, 0) is 67.3 Å². The molecule has 1 aromatic heterocycles. The summed E-state index contributed by atoms with van der Waals surface area (Å²) in [5.74, 6) is 0.813. The molecule has 4 aromatic rings. The van der Waals surface area contributed by atoms with E-state index in [1.165, 1.54) is 5.56 Å². The summed E-state index contributed by atoms with van der Waals surface area (Å²) in [6.07, 6.45) is 2.04. The van der Waals surface area contributed by atoms with Crippen LogP contribution in [0.2, 0.25) is 5.02 Å². The Hall–Kier alpha value is -3.81. The summed E-state index contributed by atoms with van der Waals surface area (Å²) < 4.78 is 7.67. The summed E-state index contributed by atoms with van der Waals surface area (Å²) in [5.41, 5.74) is 4.51. The second kappa shape index (κ2) is 14.1. The molecule has 0 unspecified atom stereocenters. The molecule has 0 saturated carbocycles. The maximum absolute atomic E-state index is 14.4. The van der Waals surface area contributed by atoms with E-state index in [0.717, 1.165) is 53.8 Å². The van der Waals surface area contributed by atoms with Crippen LogP contribution >= 0.6 is 11.6 Å². The maximum Gasteiger partial charge on any atom is 0.270 e. The maximum atomic E-state index is 14.4. The predicted octanol–water partition coefficient (Wildman–Crippen LogP) is 6.91. The van der Waals surface area contributed by atoms with Gasteiger partial charge in [0.2, 0.25) is 5.91 Å². The van der Waals surface area contributed by atoms with E-state index in [0.29, 0.717) is 49.9 Å². The molecule has 5 rings (SSSR count). The molecule has 0 atom stereocenters. The summed E-state index contributed by atoms with van der Waals surface area (Å²) in [4.78, 5) is 34.0. The molecule has 0 aliphatic carbocycles. The van der Waals surface area contributed by atoms with Crippen LogP contribution in [0.1, 0.15) is 54.7 Å². The minimum atomic E-state index is -0.0529. The Morgan fingerprint density at radius 2 is 1.72 bits per heavy atom. The van der Waals surface area contributed by atoms with Crippen molar-refractivity contribution in [2.24, 2.45) is 7.05 Å². The van der Waals surface area contributed by atoms with Crippen LogP contribution in [0.25, 0.3) is 10.9 Å². The van der Waals surface area contributed by atoms with Crippen molar-refractivity contribution in [3.8, 4) is 5.75 Å². The minimum absolute atomic E-state index is 0.0529. The number of fused-ring (bicyclic) bond motifs is 2. The van der Waals surface area contributed by atoms with Crippen molar-refractivity contribution in [2.45, 2.75) is 46.2 Å². The number of halogens is 1. The lowest BCUT2D eigenvalue weighted by molar-refractivity contribution is -0.118. The van der Waals surface area contributed by atoms with E-state index >= 15 is 0 Å². The van der Waals surface area contributed by atoms with Crippen LogP contribution in [0.15, 0.2) is 72.8 Å². The van der Waals surface area contributed by atoms with Crippen molar-refractivity contribution in [3.05, 3.63) is 94.6 Å². The molecule has 0 spiro atoms. The van der Waals surface area contributed by atoms with Gasteiger partial charge in [0.05, 0.1) is 12.3 Å². The molecular formula is C35H41ClN4O3. The van der Waals surface area contributed by atoms with Crippen LogP contribution in [-0.4, -0.2) is 59.0 Å². The third-order valence-electron chi connectivity index (χ3n) is 8.09. The van der Waals surface area contributed by atoms with Crippen molar-refractivity contribution in [3.63, 3.8) is 0 Å². The van der Waals surface area contributed by atoms with E-state index in [-0.39, 0.29) is 11.8 Å². The van der Waals surface area contributed by atoms with Gasteiger partial charge in [-0.2, -0.15) is 0 Å². The minimum Gasteiger partial charge on any atom is -0.494 e. The van der Waals surface area contributed by atoms with Crippen LogP contribution in [0, 0.1) is 0 Å². The standard InChI is InChI=1S/C35H41ClN4O3/c1-4-10-34(41)40-18-9-17-38(24-26-11-7-6-8-12-26)19-20-39(25-27-13-14-29(36)23-32(27)40)35(42)33-22-28-21-30(43-5-2)15-16-31(28)37(33)3/h6-8,11-16,21-23H,4-5,9-10,17-20,24-25H2,1-3H3. The number of hydrogen-bond acceptors (Lipinski definition) is 4. The number of nitrogens with zero attached hydrogens (tertiary/aromatic N) is 4. The highest BCUT2D eigenvalue weighted by molar-refractivity contribution is 6.31. The predicted molar refractivity (Wildman–Crippen MR) is 174 cm³/mol. The van der Waals surface area contributed by atoms with Gasteiger partial charge in [0.15, 0.2) is 0 Å². The summed E-state index contributed by atoms with van der Waals surface area (Å²) in [7, 11) is 1.93. The Kier molecular flexibility index (Phi) is 10.1. The molecule has 0 saturated heterocycles. The SMILES string of the molecule is CCCC(=O)N1CCCN(Cc2ccccc2)CCN(C(=O)c2cc3cc(OCC)ccc3n2C)Cc2ccc(Cl)cc21. The van der Waals surface area contributed by atoms with Gasteiger partial charge in [0.1, 0.15) is 11.4 Å². The molecule has 3 aromatic carbocycles. The molecule has 1 aliphatic rings. The van der Waals surface area contributed by atoms with Gasteiger partial charge in [-0.15, -0.1) is 0 Å². The topological polar surface area (TPSA) is 58.0 Å². The zero-order chi connectivity index (χ0) is 30.3. The van der Waals surface area contributed by atoms with Crippen LogP contribution in [-0.2, 0) is 24.9 Å². The van der Waals surface area contributed by atoms with E-state index in [4.69, 9.17) is 16.3 Å². The van der Waals surface area contributed by atoms with Crippen LogP contribution in [0.5, 0.6) is 5.75 Å². The van der Waals surface area contributed by atoms with E-state index in [1.54, 1.807) is 0 Å². The van der Waals surface area contributed by atoms with E-state index in [2.05, 4.69) is 29.2 Å². The van der Waals surface area contributed by atoms with Gasteiger partial charge in [0.25, 0.3) is 5.91 Å². The number of rotatable bonds is 7. The third kappa shape index (κ3) is 7.23. The number of aryl methyl sites for hydroxylation is 1. The number of aromatic nitrogens is 1. The Labute approximate surface area is 259 Å². The molecule has 2 amide bonds. The summed E-state index contributed by atoms with van der Waals surface area (Å²) in [5, 5.41) is 1.54. The first-order chi connectivity index (χ1) is 20.9. The number of carbonyl (C=O) groups excluding carboxylic acids is 2. The van der Waals surface area contributed by atoms with Crippen LogP contribution < -0.4 is 9.64 Å². The van der Waals surface area contributed by atoms with Gasteiger partial charge >= 0.3 is 0 Å². The molecular weight excluding hydrogens is 560 g/mol. The van der Waals surface area contributed by atoms with Gasteiger partial charge in [-0.1, -0.05) is 54.9 Å². The van der Waals surface area contributed by atoms with E-state index in [9.17, 15) is 9.59 Å². The number of hydrogen-bond donors (Lipinski definition) is 0. The van der Waals surface area contributed by atoms with E-state index in [1.807, 2.05) is 83.8 Å². The molecule has 43 heavy (non-hydrogen) atoms. The average Bonchev–Trinajstić information content (AvgIpc) is 3.32. The zero-order valence-corrected chi connectivity index (χ0v) is 26.1. The molecule has 1 aliphatic heterocycles. The third-order valence-corrected chi connectivity index (χ3v) is 8.32. The largest absolute Gasteiger partial charge is 0.494 e. The van der Waals surface area contributed by atoms with Gasteiger partial charge in [-0.25, -0.2) is 0 Å². The molecule has 7 nitrogen and oxygen atoms in total. The van der Waals surface area contributed by atoms with Gasteiger partial charge < -0.3 is 19.1 Å². The first kappa shape index (κ1) is 30.6. The fourth-order valence-corrected chi connectivity index (χ4v) is 6.05. The highest BCUT2D eigenvalue weighted by Crippen LogP contribution is 2.30. The van der Waals surface area contributed by atoms with Gasteiger partial charge in [0, 0.05) is 68.7 Å². The van der Waals surface area contributed by atoms with Gasteiger partial charge in [-0.3, -0.25) is 14.5 Å². The highest BCUT2D eigenvalue weighted by Gasteiger charge is 2.26. The highest BCUT2D eigenvalue weighted by atomic mass is 35.5. The second-order valence-corrected chi connectivity index (χ2v) is 11.6. The van der Waals surface area contributed by atoms with Crippen molar-refractivity contribution in [1.29, 1.82) is 0 Å². The first-order valence-corrected chi connectivity index (χ1v) is 15.6. The summed E-state index contributed by atoms with van der Waals surface area (Å²) in [6, 6.07) is 24.0. The number of amides is 2. The Bertz CT molecular complexity index is 1570. The normalized spacial score (nSPS) is 14.8. The number of benzene rings is 3. The smallest absolute Gasteiger partial charge is 0.270 e. The lowest BCUT2D eigenvalue weighted by Crippen LogP contribution is -2.39. The number of ether oxygens (including phenoxy) is 1. The average molecular weight is 601 g/mol. The quantitative estimate of drug-likeness (QED) is 0.231. The Balaban J connectivity index is 1.53. The summed E-state index contributed by atoms with van der Waals surface area (Å²) in [6.45, 7) is 8.36. The lowest BCUT2D eigenvalue weighted by atomic mass is 10.1.